The van der Waals surface area contributed by atoms with Crippen molar-refractivity contribution in [1.29, 1.82) is 0 Å². The number of aromatic nitrogens is 6. The van der Waals surface area contributed by atoms with Crippen LogP contribution in [-0.2, 0) is 5.41 Å². The van der Waals surface area contributed by atoms with Gasteiger partial charge in [-0.1, -0.05) is 140 Å². The highest BCUT2D eigenvalue weighted by molar-refractivity contribution is 5.70. The Kier molecular flexibility index (Phi) is 7.56. The number of nitrogens with zero attached hydrogens (tertiary/aromatic N) is 6. The van der Waals surface area contributed by atoms with Crippen molar-refractivity contribution in [2.24, 2.45) is 17.8 Å². The Balaban J connectivity index is 1.01. The summed E-state index contributed by atoms with van der Waals surface area (Å²) in [7, 11) is 0. The number of hydrogen-bond donors (Lipinski definition) is 0. The van der Waals surface area contributed by atoms with Crippen LogP contribution in [0.15, 0.2) is 140 Å². The predicted molar refractivity (Wildman–Crippen MR) is 206 cm³/mol. The molecule has 7 aromatic rings. The van der Waals surface area contributed by atoms with Crippen LogP contribution in [0.4, 0.5) is 0 Å². The van der Waals surface area contributed by atoms with Crippen molar-refractivity contribution in [3.8, 4) is 68.3 Å². The Morgan fingerprint density at radius 2 is 0.558 bits per heavy atom. The Morgan fingerprint density at radius 1 is 0.308 bits per heavy atom. The fourth-order valence-corrected chi connectivity index (χ4v) is 9.49. The highest BCUT2D eigenvalue weighted by Crippen LogP contribution is 2.60. The highest BCUT2D eigenvalue weighted by Gasteiger charge is 2.51. The lowest BCUT2D eigenvalue weighted by Crippen LogP contribution is -2.48. The third-order valence-electron chi connectivity index (χ3n) is 11.6. The van der Waals surface area contributed by atoms with Crippen LogP contribution in [0.5, 0.6) is 0 Å². The maximum atomic E-state index is 5.07. The van der Waals surface area contributed by atoms with Crippen molar-refractivity contribution < 1.29 is 0 Å². The Morgan fingerprint density at radius 3 is 0.846 bits per heavy atom. The molecule has 11 rings (SSSR count). The molecule has 4 fully saturated rings. The smallest absolute Gasteiger partial charge is 0.164 e. The minimum absolute atomic E-state index is 0.358. The zero-order valence-corrected chi connectivity index (χ0v) is 28.9. The molecule has 2 aromatic heterocycles. The lowest BCUT2D eigenvalue weighted by atomic mass is 9.48. The summed E-state index contributed by atoms with van der Waals surface area (Å²) in [5, 5.41) is 0. The summed E-state index contributed by atoms with van der Waals surface area (Å²) in [5.74, 6) is 6.60. The second kappa shape index (κ2) is 12.7. The number of benzene rings is 5. The van der Waals surface area contributed by atoms with Gasteiger partial charge in [0.25, 0.3) is 0 Å². The lowest BCUT2D eigenvalue weighted by Gasteiger charge is -2.57. The average Bonchev–Trinajstić information content (AvgIpc) is 3.21. The van der Waals surface area contributed by atoms with Crippen molar-refractivity contribution in [2.45, 2.75) is 43.9 Å². The summed E-state index contributed by atoms with van der Waals surface area (Å²) in [6, 6.07) is 47.6. The highest BCUT2D eigenvalue weighted by atomic mass is 15.0. The van der Waals surface area contributed by atoms with Crippen molar-refractivity contribution in [1.82, 2.24) is 29.9 Å². The van der Waals surface area contributed by atoms with Gasteiger partial charge in [-0.05, 0) is 67.3 Å². The molecular formula is C46H38N6. The van der Waals surface area contributed by atoms with E-state index in [1.807, 2.05) is 103 Å². The molecule has 0 amide bonds. The first-order valence-corrected chi connectivity index (χ1v) is 18.5. The summed E-state index contributed by atoms with van der Waals surface area (Å²) in [4.78, 5) is 29.7. The second-order valence-electron chi connectivity index (χ2n) is 15.1. The van der Waals surface area contributed by atoms with E-state index < -0.39 is 0 Å². The van der Waals surface area contributed by atoms with Gasteiger partial charge in [-0.25, -0.2) is 29.9 Å². The first-order chi connectivity index (χ1) is 25.6. The molecule has 4 saturated carbocycles. The van der Waals surface area contributed by atoms with Crippen LogP contribution in [0.3, 0.4) is 0 Å². The Labute approximate surface area is 304 Å². The molecule has 0 unspecified atom stereocenters. The first-order valence-electron chi connectivity index (χ1n) is 18.5. The van der Waals surface area contributed by atoms with Crippen LogP contribution in [0.1, 0.15) is 44.1 Å². The molecule has 5 aromatic carbocycles. The van der Waals surface area contributed by atoms with Crippen molar-refractivity contribution in [3.05, 3.63) is 145 Å². The average molecular weight is 675 g/mol. The third kappa shape index (κ3) is 5.78. The second-order valence-corrected chi connectivity index (χ2v) is 15.1. The van der Waals surface area contributed by atoms with Crippen LogP contribution in [0.25, 0.3) is 68.3 Å². The van der Waals surface area contributed by atoms with E-state index in [0.29, 0.717) is 40.4 Å². The molecule has 252 valence electrons. The molecule has 4 aliphatic carbocycles. The molecule has 0 spiro atoms. The molecule has 2 heterocycles. The Hall–Kier alpha value is -5.88. The van der Waals surface area contributed by atoms with Gasteiger partial charge >= 0.3 is 0 Å². The van der Waals surface area contributed by atoms with E-state index in [9.17, 15) is 0 Å². The molecule has 0 radical (unpaired) electrons. The quantitative estimate of drug-likeness (QED) is 0.167. The normalized spacial score (nSPS) is 21.7. The molecule has 52 heavy (non-hydrogen) atoms. The fourth-order valence-electron chi connectivity index (χ4n) is 9.49. The zero-order valence-electron chi connectivity index (χ0n) is 28.9. The molecular weight excluding hydrogens is 637 g/mol. The van der Waals surface area contributed by atoms with Gasteiger partial charge in [0.1, 0.15) is 0 Å². The van der Waals surface area contributed by atoms with Crippen LogP contribution in [0.2, 0.25) is 0 Å². The summed E-state index contributed by atoms with van der Waals surface area (Å²) in [5.41, 5.74) is 7.51. The van der Waals surface area contributed by atoms with E-state index in [1.165, 1.54) is 44.1 Å². The van der Waals surface area contributed by atoms with Gasteiger partial charge in [-0.15, -0.1) is 0 Å². The maximum absolute atomic E-state index is 5.07. The van der Waals surface area contributed by atoms with Gasteiger partial charge in [-0.2, -0.15) is 0 Å². The molecule has 0 N–H and O–H groups in total. The van der Waals surface area contributed by atoms with E-state index in [4.69, 9.17) is 29.9 Å². The molecule has 4 bridgehead atoms. The van der Waals surface area contributed by atoms with Crippen molar-refractivity contribution >= 4 is 0 Å². The monoisotopic (exact) mass is 674 g/mol. The van der Waals surface area contributed by atoms with Gasteiger partial charge in [-0.3, -0.25) is 0 Å². The Bertz CT molecular complexity index is 2270. The van der Waals surface area contributed by atoms with Crippen molar-refractivity contribution in [3.63, 3.8) is 0 Å². The zero-order chi connectivity index (χ0) is 34.5. The maximum Gasteiger partial charge on any atom is 0.164 e. The van der Waals surface area contributed by atoms with Gasteiger partial charge in [0.2, 0.25) is 0 Å². The summed E-state index contributed by atoms with van der Waals surface area (Å²) in [6.07, 6.45) is 8.42. The number of rotatable bonds is 7. The summed E-state index contributed by atoms with van der Waals surface area (Å²) < 4.78 is 0. The molecule has 0 atom stereocenters. The molecule has 0 aliphatic heterocycles. The topological polar surface area (TPSA) is 77.3 Å². The fraction of sp³-hybridized carbons (Fsp3) is 0.217. The van der Waals surface area contributed by atoms with Gasteiger partial charge in [0.15, 0.2) is 34.9 Å². The first kappa shape index (κ1) is 30.9. The van der Waals surface area contributed by atoms with Gasteiger partial charge < -0.3 is 0 Å². The van der Waals surface area contributed by atoms with Crippen LogP contribution < -0.4 is 0 Å². The minimum atomic E-state index is 0.358. The van der Waals surface area contributed by atoms with E-state index in [2.05, 4.69) is 36.4 Å². The molecule has 6 nitrogen and oxygen atoms in total. The lowest BCUT2D eigenvalue weighted by molar-refractivity contribution is -0.00518. The SMILES string of the molecule is c1ccc(-c2nc(-c3ccccc3)nc(-c3ccc(-c4nc(-c5ccccc5)nc(-c5ccc(C67CC8CC(CC(C8)C6)C7)cc5)n4)cc3)n2)cc1. The predicted octanol–water partition coefficient (Wildman–Crippen LogP) is 10.5. The standard InChI is InChI=1S/C46H38N6/c1-4-10-33(11-5-1)40-47-41(34-12-6-2-7-13-34)49-43(48-40)36-16-18-37(19-17-36)44-50-42(35-14-8-3-9-15-35)51-45(52-44)38-20-22-39(23-21-38)46-27-30-24-31(28-46)26-32(25-30)29-46/h1-23,30-32H,24-29H2. The minimum Gasteiger partial charge on any atom is -0.208 e. The van der Waals surface area contributed by atoms with Crippen LogP contribution in [0, 0.1) is 17.8 Å². The van der Waals surface area contributed by atoms with Gasteiger partial charge in [0, 0.05) is 33.4 Å². The van der Waals surface area contributed by atoms with E-state index in [0.717, 1.165) is 51.1 Å². The van der Waals surface area contributed by atoms with E-state index in [1.54, 1.807) is 0 Å². The molecule has 0 saturated heterocycles. The summed E-state index contributed by atoms with van der Waals surface area (Å²) >= 11 is 0. The van der Waals surface area contributed by atoms with Crippen LogP contribution >= 0.6 is 0 Å². The largest absolute Gasteiger partial charge is 0.208 e. The van der Waals surface area contributed by atoms with E-state index in [-0.39, 0.29) is 0 Å². The number of hydrogen-bond acceptors (Lipinski definition) is 6. The molecule has 6 heteroatoms. The summed E-state index contributed by atoms with van der Waals surface area (Å²) in [6.45, 7) is 0. The van der Waals surface area contributed by atoms with Crippen LogP contribution in [-0.4, -0.2) is 29.9 Å². The molecule has 4 aliphatic rings. The third-order valence-corrected chi connectivity index (χ3v) is 11.6. The van der Waals surface area contributed by atoms with E-state index >= 15 is 0 Å². The van der Waals surface area contributed by atoms with Crippen molar-refractivity contribution in [2.75, 3.05) is 0 Å². The van der Waals surface area contributed by atoms with Gasteiger partial charge in [0.05, 0.1) is 0 Å².